The molecule has 0 bridgehead atoms. The van der Waals surface area contributed by atoms with Gasteiger partial charge in [0.2, 0.25) is 0 Å². The zero-order valence-electron chi connectivity index (χ0n) is 13.0. The topological polar surface area (TPSA) is 110 Å². The number of nitrogen functional groups attached to an aromatic ring is 2. The second-order valence-electron chi connectivity index (χ2n) is 5.80. The van der Waals surface area contributed by atoms with Crippen molar-refractivity contribution >= 4 is 29.3 Å². The molecule has 5 heteroatoms. The summed E-state index contributed by atoms with van der Waals surface area (Å²) in [6, 6.07) is 9.80. The molecule has 6 N–H and O–H groups in total. The molecule has 0 spiro atoms. The summed E-state index contributed by atoms with van der Waals surface area (Å²) < 4.78 is 0. The number of rotatable bonds is 2. The summed E-state index contributed by atoms with van der Waals surface area (Å²) in [5.74, 6) is -0.0200. The fraction of sp³-hybridized carbons (Fsp3) is 0.105. The van der Waals surface area contributed by atoms with Crippen molar-refractivity contribution < 1.29 is 15.0 Å². The van der Waals surface area contributed by atoms with Crippen molar-refractivity contribution in [3.05, 3.63) is 58.7 Å². The Morgan fingerprint density at radius 2 is 1.21 bits per heavy atom. The van der Waals surface area contributed by atoms with E-state index in [1.54, 1.807) is 36.4 Å². The van der Waals surface area contributed by atoms with Gasteiger partial charge in [-0.25, -0.2) is 0 Å². The van der Waals surface area contributed by atoms with Crippen molar-refractivity contribution in [1.82, 2.24) is 0 Å². The number of aromatic hydroxyl groups is 2. The Morgan fingerprint density at radius 1 is 0.792 bits per heavy atom. The van der Waals surface area contributed by atoms with Crippen molar-refractivity contribution in [2.45, 2.75) is 12.8 Å². The third-order valence-corrected chi connectivity index (χ3v) is 4.04. The van der Waals surface area contributed by atoms with Gasteiger partial charge in [0.15, 0.2) is 5.78 Å². The lowest BCUT2D eigenvalue weighted by molar-refractivity contribution is -0.111. The van der Waals surface area contributed by atoms with Crippen LogP contribution in [0.15, 0.2) is 47.5 Å². The molecular weight excluding hydrogens is 304 g/mol. The van der Waals surface area contributed by atoms with Crippen molar-refractivity contribution in [3.63, 3.8) is 0 Å². The largest absolute Gasteiger partial charge is 0.506 e. The summed E-state index contributed by atoms with van der Waals surface area (Å²) in [4.78, 5) is 12.5. The van der Waals surface area contributed by atoms with Gasteiger partial charge in [-0.15, -0.1) is 0 Å². The van der Waals surface area contributed by atoms with Crippen molar-refractivity contribution in [1.29, 1.82) is 0 Å². The third-order valence-electron chi connectivity index (χ3n) is 4.04. The van der Waals surface area contributed by atoms with Crippen LogP contribution in [-0.4, -0.2) is 16.0 Å². The second-order valence-corrected chi connectivity index (χ2v) is 5.80. The number of carbonyl (C=O) groups excluding carboxylic acids is 1. The Bertz CT molecular complexity index is 811. The van der Waals surface area contributed by atoms with Crippen molar-refractivity contribution in [3.8, 4) is 11.5 Å². The Balaban J connectivity index is 1.86. The minimum absolute atomic E-state index is 0.00270. The molecule has 2 aromatic carbocycles. The van der Waals surface area contributed by atoms with E-state index in [0.29, 0.717) is 35.4 Å². The summed E-state index contributed by atoms with van der Waals surface area (Å²) in [7, 11) is 0. The van der Waals surface area contributed by atoms with Gasteiger partial charge in [0.05, 0.1) is 11.4 Å². The average Bonchev–Trinajstić information content (AvgIpc) is 2.88. The number of phenols is 2. The molecule has 0 aliphatic heterocycles. The Kier molecular flexibility index (Phi) is 4.00. The van der Waals surface area contributed by atoms with Crippen LogP contribution < -0.4 is 11.5 Å². The number of hydrogen-bond donors (Lipinski definition) is 4. The molecule has 1 aliphatic rings. The van der Waals surface area contributed by atoms with E-state index in [9.17, 15) is 15.0 Å². The maximum Gasteiger partial charge on any atom is 0.185 e. The lowest BCUT2D eigenvalue weighted by Crippen LogP contribution is -1.96. The standard InChI is InChI=1S/C19H18N2O3/c20-15-5-1-11(9-17(15)22)7-13-3-4-14(19(13)24)8-12-2-6-16(21)18(23)10-12/h1-2,5-10,22-23H,3-4,20-21H2. The first-order chi connectivity index (χ1) is 11.4. The molecule has 3 rings (SSSR count). The zero-order valence-corrected chi connectivity index (χ0v) is 13.0. The van der Waals surface area contributed by atoms with Crippen LogP contribution in [0, 0.1) is 0 Å². The molecule has 0 radical (unpaired) electrons. The van der Waals surface area contributed by atoms with E-state index in [0.717, 1.165) is 11.1 Å². The smallest absolute Gasteiger partial charge is 0.185 e. The van der Waals surface area contributed by atoms with E-state index in [4.69, 9.17) is 11.5 Å². The normalized spacial score (nSPS) is 17.8. The first-order valence-corrected chi connectivity index (χ1v) is 7.57. The number of nitrogens with two attached hydrogens (primary N) is 2. The van der Waals surface area contributed by atoms with Gasteiger partial charge < -0.3 is 21.7 Å². The number of phenolic OH excluding ortho intramolecular Hbond substituents is 2. The third kappa shape index (κ3) is 3.10. The van der Waals surface area contributed by atoms with Gasteiger partial charge in [0.1, 0.15) is 11.5 Å². The van der Waals surface area contributed by atoms with Crippen LogP contribution in [0.1, 0.15) is 24.0 Å². The molecule has 24 heavy (non-hydrogen) atoms. The lowest BCUT2D eigenvalue weighted by atomic mass is 10.1. The lowest BCUT2D eigenvalue weighted by Gasteiger charge is -2.02. The number of Topliss-reactive ketones (excluding diaryl/α,β-unsaturated/α-hetero) is 1. The van der Waals surface area contributed by atoms with Crippen molar-refractivity contribution in [2.75, 3.05) is 11.5 Å². The van der Waals surface area contributed by atoms with Gasteiger partial charge in [-0.2, -0.15) is 0 Å². The number of hydrogen-bond acceptors (Lipinski definition) is 5. The molecule has 1 aliphatic carbocycles. The quantitative estimate of drug-likeness (QED) is 0.386. The maximum atomic E-state index is 12.5. The van der Waals surface area contributed by atoms with E-state index in [1.807, 2.05) is 0 Å². The molecule has 0 heterocycles. The van der Waals surface area contributed by atoms with Crippen LogP contribution in [0.3, 0.4) is 0 Å². The fourth-order valence-corrected chi connectivity index (χ4v) is 2.68. The molecule has 0 amide bonds. The van der Waals surface area contributed by atoms with E-state index in [-0.39, 0.29) is 17.3 Å². The zero-order chi connectivity index (χ0) is 17.3. The monoisotopic (exact) mass is 322 g/mol. The first-order valence-electron chi connectivity index (χ1n) is 7.57. The highest BCUT2D eigenvalue weighted by atomic mass is 16.3. The Labute approximate surface area is 139 Å². The van der Waals surface area contributed by atoms with Crippen LogP contribution in [0.25, 0.3) is 12.2 Å². The van der Waals surface area contributed by atoms with Gasteiger partial charge in [0.25, 0.3) is 0 Å². The van der Waals surface area contributed by atoms with Crippen LogP contribution in [0.2, 0.25) is 0 Å². The van der Waals surface area contributed by atoms with E-state index >= 15 is 0 Å². The van der Waals surface area contributed by atoms with E-state index < -0.39 is 0 Å². The van der Waals surface area contributed by atoms with Gasteiger partial charge in [0, 0.05) is 11.1 Å². The summed E-state index contributed by atoms with van der Waals surface area (Å²) in [5, 5.41) is 19.3. The number of allylic oxidation sites excluding steroid dienone is 2. The highest BCUT2D eigenvalue weighted by Crippen LogP contribution is 2.31. The van der Waals surface area contributed by atoms with Crippen molar-refractivity contribution in [2.24, 2.45) is 0 Å². The van der Waals surface area contributed by atoms with Gasteiger partial charge in [-0.05, 0) is 60.4 Å². The maximum absolute atomic E-state index is 12.5. The summed E-state index contributed by atoms with van der Waals surface area (Å²) in [6.07, 6.45) is 4.80. The highest BCUT2D eigenvalue weighted by Gasteiger charge is 2.23. The molecule has 1 fully saturated rings. The molecule has 1 saturated carbocycles. The summed E-state index contributed by atoms with van der Waals surface area (Å²) in [5.41, 5.74) is 14.6. The molecule has 0 atom stereocenters. The molecular formula is C19H18N2O3. The molecule has 5 nitrogen and oxygen atoms in total. The number of ketones is 1. The Morgan fingerprint density at radius 3 is 1.58 bits per heavy atom. The van der Waals surface area contributed by atoms with Gasteiger partial charge in [-0.1, -0.05) is 12.1 Å². The highest BCUT2D eigenvalue weighted by molar-refractivity contribution is 6.15. The first kappa shape index (κ1) is 15.7. The second kappa shape index (κ2) is 6.12. The minimum atomic E-state index is -0.0253. The van der Waals surface area contributed by atoms with Crippen LogP contribution in [0.5, 0.6) is 11.5 Å². The van der Waals surface area contributed by atoms with Crippen LogP contribution in [0.4, 0.5) is 11.4 Å². The predicted molar refractivity (Wildman–Crippen MR) is 95.2 cm³/mol. The van der Waals surface area contributed by atoms with Gasteiger partial charge >= 0.3 is 0 Å². The van der Waals surface area contributed by atoms with E-state index in [2.05, 4.69) is 0 Å². The predicted octanol–water partition coefficient (Wildman–Crippen LogP) is 3.09. The number of benzene rings is 2. The fourth-order valence-electron chi connectivity index (χ4n) is 2.68. The molecule has 0 unspecified atom stereocenters. The SMILES string of the molecule is Nc1ccc(C=C2CCC(=Cc3ccc(N)c(O)c3)C2=O)cc1O. The molecule has 0 saturated heterocycles. The Hall–Kier alpha value is -3.21. The van der Waals surface area contributed by atoms with Crippen LogP contribution >= 0.6 is 0 Å². The van der Waals surface area contributed by atoms with Crippen LogP contribution in [-0.2, 0) is 4.79 Å². The van der Waals surface area contributed by atoms with E-state index in [1.165, 1.54) is 12.1 Å². The van der Waals surface area contributed by atoms with Gasteiger partial charge in [-0.3, -0.25) is 4.79 Å². The average molecular weight is 322 g/mol. The summed E-state index contributed by atoms with van der Waals surface area (Å²) >= 11 is 0. The number of carbonyl (C=O) groups is 1. The molecule has 0 aromatic heterocycles. The summed E-state index contributed by atoms with van der Waals surface area (Å²) in [6.45, 7) is 0. The molecule has 2 aromatic rings. The molecule has 122 valence electrons. The minimum Gasteiger partial charge on any atom is -0.506 e. The number of anilines is 2.